The van der Waals surface area contributed by atoms with Gasteiger partial charge in [-0.25, -0.2) is 0 Å². The van der Waals surface area contributed by atoms with Gasteiger partial charge in [0.1, 0.15) is 5.69 Å². The molecule has 86 valence electrons. The van der Waals surface area contributed by atoms with E-state index >= 15 is 0 Å². The highest BCUT2D eigenvalue weighted by molar-refractivity contribution is 5.74. The van der Waals surface area contributed by atoms with Crippen LogP contribution in [0.4, 0.5) is 5.82 Å². The van der Waals surface area contributed by atoms with E-state index < -0.39 is 0 Å². The molecule has 0 atom stereocenters. The van der Waals surface area contributed by atoms with Crippen molar-refractivity contribution < 1.29 is 0 Å². The first-order valence-corrected chi connectivity index (χ1v) is 6.46. The van der Waals surface area contributed by atoms with Crippen LogP contribution < -0.4 is 0 Å². The molecule has 1 heterocycles. The molecule has 0 bridgehead atoms. The third-order valence-electron chi connectivity index (χ3n) is 3.95. The maximum atomic E-state index is 7.00. The second kappa shape index (κ2) is 4.33. The Morgan fingerprint density at radius 3 is 2.76 bits per heavy atom. The molecule has 1 fully saturated rings. The SMILES string of the molecule is [C-]#[N+]c1ccc2c(n1)CC=C2C1CCCCC1. The molecule has 1 saturated carbocycles. The van der Waals surface area contributed by atoms with Crippen molar-refractivity contribution in [2.45, 2.75) is 38.5 Å². The first kappa shape index (κ1) is 10.5. The van der Waals surface area contributed by atoms with Crippen molar-refractivity contribution in [1.29, 1.82) is 0 Å². The van der Waals surface area contributed by atoms with Gasteiger partial charge in [-0.05, 0) is 30.4 Å². The lowest BCUT2D eigenvalue weighted by Crippen LogP contribution is -2.07. The molecular formula is C15H16N2. The number of fused-ring (bicyclic) bond motifs is 1. The fourth-order valence-electron chi connectivity index (χ4n) is 3.09. The number of aromatic nitrogens is 1. The molecule has 3 rings (SSSR count). The number of nitrogens with zero attached hydrogens (tertiary/aromatic N) is 2. The van der Waals surface area contributed by atoms with Crippen molar-refractivity contribution in [2.75, 3.05) is 0 Å². The summed E-state index contributed by atoms with van der Waals surface area (Å²) in [7, 11) is 0. The summed E-state index contributed by atoms with van der Waals surface area (Å²) >= 11 is 0. The van der Waals surface area contributed by atoms with E-state index in [1.54, 1.807) is 0 Å². The van der Waals surface area contributed by atoms with Gasteiger partial charge in [0, 0.05) is 12.0 Å². The van der Waals surface area contributed by atoms with Gasteiger partial charge in [-0.3, -0.25) is 0 Å². The summed E-state index contributed by atoms with van der Waals surface area (Å²) in [5.74, 6) is 1.27. The molecule has 17 heavy (non-hydrogen) atoms. The molecule has 0 aliphatic heterocycles. The zero-order chi connectivity index (χ0) is 11.7. The number of rotatable bonds is 1. The normalized spacial score (nSPS) is 19.6. The maximum Gasteiger partial charge on any atom is 0.269 e. The average molecular weight is 224 g/mol. The van der Waals surface area contributed by atoms with Crippen LogP contribution in [0.5, 0.6) is 0 Å². The summed E-state index contributed by atoms with van der Waals surface area (Å²) in [6.07, 6.45) is 10.0. The van der Waals surface area contributed by atoms with E-state index in [-0.39, 0.29) is 0 Å². The van der Waals surface area contributed by atoms with E-state index in [0.29, 0.717) is 5.82 Å². The monoisotopic (exact) mass is 224 g/mol. The van der Waals surface area contributed by atoms with E-state index in [4.69, 9.17) is 6.57 Å². The van der Waals surface area contributed by atoms with Crippen LogP contribution in [0.1, 0.15) is 43.4 Å². The Morgan fingerprint density at radius 2 is 2.00 bits per heavy atom. The van der Waals surface area contributed by atoms with E-state index in [1.165, 1.54) is 43.2 Å². The Hall–Kier alpha value is -1.62. The Labute approximate surface area is 102 Å². The first-order valence-electron chi connectivity index (χ1n) is 6.46. The van der Waals surface area contributed by atoms with E-state index in [1.807, 2.05) is 6.07 Å². The van der Waals surface area contributed by atoms with Gasteiger partial charge < -0.3 is 4.85 Å². The van der Waals surface area contributed by atoms with Gasteiger partial charge in [0.2, 0.25) is 0 Å². The Bertz CT molecular complexity index is 502. The summed E-state index contributed by atoms with van der Waals surface area (Å²) in [6, 6.07) is 3.96. The Balaban J connectivity index is 1.90. The summed E-state index contributed by atoms with van der Waals surface area (Å²) in [5.41, 5.74) is 3.92. The fourth-order valence-corrected chi connectivity index (χ4v) is 3.09. The van der Waals surface area contributed by atoms with Crippen molar-refractivity contribution >= 4 is 11.4 Å². The van der Waals surface area contributed by atoms with Crippen molar-refractivity contribution in [1.82, 2.24) is 4.98 Å². The molecule has 0 saturated heterocycles. The molecule has 0 amide bonds. The van der Waals surface area contributed by atoms with Gasteiger partial charge in [-0.15, -0.1) is 4.98 Å². The largest absolute Gasteiger partial charge is 0.361 e. The van der Waals surface area contributed by atoms with Gasteiger partial charge in [0.05, 0.1) is 0 Å². The molecule has 2 heteroatoms. The number of pyridine rings is 1. The average Bonchev–Trinajstić information content (AvgIpc) is 2.82. The van der Waals surface area contributed by atoms with Gasteiger partial charge >= 0.3 is 0 Å². The fraction of sp³-hybridized carbons (Fsp3) is 0.467. The quantitative estimate of drug-likeness (QED) is 0.655. The summed E-state index contributed by atoms with van der Waals surface area (Å²) in [6.45, 7) is 7.00. The minimum Gasteiger partial charge on any atom is -0.361 e. The molecule has 0 N–H and O–H groups in total. The standard InChI is InChI=1S/C15H16N2/c1-16-15-10-8-13-12(7-9-14(13)17-15)11-5-3-2-4-6-11/h7-8,10-11H,2-6,9H2. The molecule has 0 unspecified atom stereocenters. The Kier molecular flexibility index (Phi) is 2.68. The van der Waals surface area contributed by atoms with Gasteiger partial charge in [-0.1, -0.05) is 38.0 Å². The minimum absolute atomic E-state index is 0.530. The second-order valence-electron chi connectivity index (χ2n) is 4.97. The minimum atomic E-state index is 0.530. The predicted octanol–water partition coefficient (Wildman–Crippen LogP) is 4.15. The highest BCUT2D eigenvalue weighted by atomic mass is 14.9. The molecule has 1 aromatic rings. The number of hydrogen-bond acceptors (Lipinski definition) is 1. The van der Waals surface area contributed by atoms with Crippen LogP contribution in [-0.2, 0) is 6.42 Å². The number of allylic oxidation sites excluding steroid dienone is 2. The van der Waals surface area contributed by atoms with E-state index in [0.717, 1.165) is 18.0 Å². The summed E-state index contributed by atoms with van der Waals surface area (Å²) < 4.78 is 0. The topological polar surface area (TPSA) is 17.2 Å². The van der Waals surface area contributed by atoms with E-state index in [9.17, 15) is 0 Å². The van der Waals surface area contributed by atoms with Crippen LogP contribution in [0.25, 0.3) is 10.4 Å². The zero-order valence-corrected chi connectivity index (χ0v) is 9.95. The molecule has 0 aromatic carbocycles. The van der Waals surface area contributed by atoms with Crippen molar-refractivity contribution in [3.05, 3.63) is 40.9 Å². The molecule has 0 spiro atoms. The Morgan fingerprint density at radius 1 is 1.18 bits per heavy atom. The third kappa shape index (κ3) is 1.86. The lowest BCUT2D eigenvalue weighted by molar-refractivity contribution is 0.429. The zero-order valence-electron chi connectivity index (χ0n) is 9.95. The van der Waals surface area contributed by atoms with E-state index in [2.05, 4.69) is 22.0 Å². The summed E-state index contributed by atoms with van der Waals surface area (Å²) in [5, 5.41) is 0. The van der Waals surface area contributed by atoms with Crippen LogP contribution in [0.2, 0.25) is 0 Å². The molecule has 2 aliphatic rings. The molecule has 2 aliphatic carbocycles. The number of hydrogen-bond donors (Lipinski definition) is 0. The third-order valence-corrected chi connectivity index (χ3v) is 3.95. The van der Waals surface area contributed by atoms with Crippen LogP contribution in [0, 0.1) is 12.5 Å². The molecule has 0 radical (unpaired) electrons. The van der Waals surface area contributed by atoms with Gasteiger partial charge in [0.25, 0.3) is 5.82 Å². The maximum absolute atomic E-state index is 7.00. The molecule has 2 nitrogen and oxygen atoms in total. The van der Waals surface area contributed by atoms with Crippen molar-refractivity contribution in [3.8, 4) is 0 Å². The van der Waals surface area contributed by atoms with Gasteiger partial charge in [-0.2, -0.15) is 0 Å². The first-order chi connectivity index (χ1) is 8.38. The van der Waals surface area contributed by atoms with Gasteiger partial charge in [0.15, 0.2) is 0 Å². The van der Waals surface area contributed by atoms with Crippen molar-refractivity contribution in [2.24, 2.45) is 5.92 Å². The second-order valence-corrected chi connectivity index (χ2v) is 4.97. The highest BCUT2D eigenvalue weighted by Crippen LogP contribution is 2.39. The van der Waals surface area contributed by atoms with Crippen LogP contribution in [-0.4, -0.2) is 4.98 Å². The predicted molar refractivity (Wildman–Crippen MR) is 68.8 cm³/mol. The van der Waals surface area contributed by atoms with Crippen molar-refractivity contribution in [3.63, 3.8) is 0 Å². The van der Waals surface area contributed by atoms with Crippen LogP contribution in [0.3, 0.4) is 0 Å². The molecular weight excluding hydrogens is 208 g/mol. The lowest BCUT2D eigenvalue weighted by atomic mass is 9.82. The summed E-state index contributed by atoms with van der Waals surface area (Å²) in [4.78, 5) is 7.81. The van der Waals surface area contributed by atoms with Crippen LogP contribution in [0.15, 0.2) is 18.2 Å². The highest BCUT2D eigenvalue weighted by Gasteiger charge is 2.26. The smallest absolute Gasteiger partial charge is 0.269 e. The lowest BCUT2D eigenvalue weighted by Gasteiger charge is -2.23. The van der Waals surface area contributed by atoms with Crippen LogP contribution >= 0.6 is 0 Å². The molecule has 1 aromatic heterocycles.